The number of rotatable bonds is 5. The number of thiophene rings is 1. The summed E-state index contributed by atoms with van der Waals surface area (Å²) < 4.78 is 4.92. The average Bonchev–Trinajstić information content (AvgIpc) is 3.10. The molecular formula is C17H21N3O3S. The standard InChI is InChI=1S/C17H21N3O3S/c1-3-4-10-5-6-11-13(8-10)24-17(14(11)15(18)21)19-16(22)12-7-9(2)23-20-12/h7,10H,3-6,8H2,1-2H3,(H2,18,21)(H,19,22)/t10-/m0/s1. The lowest BCUT2D eigenvalue weighted by Gasteiger charge is -2.21. The zero-order chi connectivity index (χ0) is 17.3. The zero-order valence-electron chi connectivity index (χ0n) is 13.8. The number of aryl methyl sites for hydroxylation is 1. The van der Waals surface area contributed by atoms with E-state index in [4.69, 9.17) is 10.3 Å². The van der Waals surface area contributed by atoms with E-state index in [9.17, 15) is 9.59 Å². The van der Waals surface area contributed by atoms with Crippen molar-refractivity contribution in [2.24, 2.45) is 11.7 Å². The lowest BCUT2D eigenvalue weighted by atomic mass is 9.84. The van der Waals surface area contributed by atoms with Gasteiger partial charge in [-0.05, 0) is 37.7 Å². The predicted molar refractivity (Wildman–Crippen MR) is 92.5 cm³/mol. The lowest BCUT2D eigenvalue weighted by Crippen LogP contribution is -2.20. The van der Waals surface area contributed by atoms with Gasteiger partial charge in [0.2, 0.25) is 0 Å². The molecule has 0 saturated heterocycles. The molecule has 0 aromatic carbocycles. The van der Waals surface area contributed by atoms with Gasteiger partial charge in [0.15, 0.2) is 5.69 Å². The molecule has 1 aliphatic carbocycles. The first-order chi connectivity index (χ1) is 11.5. The van der Waals surface area contributed by atoms with Gasteiger partial charge in [-0.15, -0.1) is 11.3 Å². The number of carbonyl (C=O) groups is 2. The lowest BCUT2D eigenvalue weighted by molar-refractivity contribution is 0.1000. The van der Waals surface area contributed by atoms with Crippen molar-refractivity contribution in [3.05, 3.63) is 33.5 Å². The molecule has 2 amide bonds. The molecule has 128 valence electrons. The van der Waals surface area contributed by atoms with E-state index in [1.54, 1.807) is 13.0 Å². The van der Waals surface area contributed by atoms with Crippen molar-refractivity contribution in [1.29, 1.82) is 0 Å². The van der Waals surface area contributed by atoms with Crippen LogP contribution in [0.25, 0.3) is 0 Å². The van der Waals surface area contributed by atoms with Gasteiger partial charge in [0, 0.05) is 10.9 Å². The number of aromatic nitrogens is 1. The van der Waals surface area contributed by atoms with Gasteiger partial charge < -0.3 is 15.6 Å². The number of anilines is 1. The van der Waals surface area contributed by atoms with Crippen molar-refractivity contribution in [2.75, 3.05) is 5.32 Å². The minimum atomic E-state index is -0.493. The molecule has 3 rings (SSSR count). The molecule has 1 atom stereocenters. The highest BCUT2D eigenvalue weighted by molar-refractivity contribution is 7.17. The van der Waals surface area contributed by atoms with Crippen LogP contribution in [0.1, 0.15) is 63.2 Å². The highest BCUT2D eigenvalue weighted by Gasteiger charge is 2.28. The predicted octanol–water partition coefficient (Wildman–Crippen LogP) is 3.30. The van der Waals surface area contributed by atoms with Crippen LogP contribution in [-0.2, 0) is 12.8 Å². The van der Waals surface area contributed by atoms with Crippen LogP contribution < -0.4 is 11.1 Å². The van der Waals surface area contributed by atoms with E-state index >= 15 is 0 Å². The third-order valence-electron chi connectivity index (χ3n) is 4.40. The molecule has 0 aliphatic heterocycles. The second-order valence-electron chi connectivity index (χ2n) is 6.25. The van der Waals surface area contributed by atoms with Crippen LogP contribution in [0.5, 0.6) is 0 Å². The molecule has 2 aromatic heterocycles. The van der Waals surface area contributed by atoms with Gasteiger partial charge in [-0.2, -0.15) is 0 Å². The van der Waals surface area contributed by atoms with Crippen LogP contribution >= 0.6 is 11.3 Å². The summed E-state index contributed by atoms with van der Waals surface area (Å²) in [5, 5.41) is 7.01. The monoisotopic (exact) mass is 347 g/mol. The SMILES string of the molecule is CCC[C@H]1CCc2c(sc(NC(=O)c3cc(C)on3)c2C(N)=O)C1. The van der Waals surface area contributed by atoms with Gasteiger partial charge >= 0.3 is 0 Å². The Hall–Kier alpha value is -2.15. The first-order valence-electron chi connectivity index (χ1n) is 8.18. The first-order valence-corrected chi connectivity index (χ1v) is 9.00. The summed E-state index contributed by atoms with van der Waals surface area (Å²) in [4.78, 5) is 25.4. The van der Waals surface area contributed by atoms with Gasteiger partial charge in [-0.25, -0.2) is 0 Å². The van der Waals surface area contributed by atoms with Gasteiger partial charge in [0.05, 0.1) is 5.56 Å². The van der Waals surface area contributed by atoms with Crippen LogP contribution in [0.2, 0.25) is 0 Å². The Balaban J connectivity index is 1.88. The Bertz CT molecular complexity index is 778. The highest BCUT2D eigenvalue weighted by atomic mass is 32.1. The van der Waals surface area contributed by atoms with Crippen molar-refractivity contribution < 1.29 is 14.1 Å². The van der Waals surface area contributed by atoms with Gasteiger partial charge in [0.25, 0.3) is 11.8 Å². The van der Waals surface area contributed by atoms with Gasteiger partial charge in [0.1, 0.15) is 10.8 Å². The van der Waals surface area contributed by atoms with Crippen molar-refractivity contribution in [3.8, 4) is 0 Å². The molecule has 1 aliphatic rings. The van der Waals surface area contributed by atoms with Crippen LogP contribution in [0.3, 0.4) is 0 Å². The number of carbonyl (C=O) groups excluding carboxylic acids is 2. The summed E-state index contributed by atoms with van der Waals surface area (Å²) >= 11 is 1.46. The van der Waals surface area contributed by atoms with Crippen LogP contribution in [0.4, 0.5) is 5.00 Å². The zero-order valence-corrected chi connectivity index (χ0v) is 14.7. The number of fused-ring (bicyclic) bond motifs is 1. The van der Waals surface area contributed by atoms with Crippen LogP contribution in [-0.4, -0.2) is 17.0 Å². The van der Waals surface area contributed by atoms with Gasteiger partial charge in [-0.1, -0.05) is 24.9 Å². The maximum atomic E-state index is 12.3. The smallest absolute Gasteiger partial charge is 0.278 e. The summed E-state index contributed by atoms with van der Waals surface area (Å²) in [6, 6.07) is 1.56. The number of nitrogens with zero attached hydrogens (tertiary/aromatic N) is 1. The van der Waals surface area contributed by atoms with Crippen molar-refractivity contribution in [3.63, 3.8) is 0 Å². The minimum Gasteiger partial charge on any atom is -0.365 e. The molecule has 0 saturated carbocycles. The molecular weight excluding hydrogens is 326 g/mol. The summed E-state index contributed by atoms with van der Waals surface area (Å²) in [7, 11) is 0. The Labute approximate surface area is 144 Å². The fourth-order valence-corrected chi connectivity index (χ4v) is 4.66. The molecule has 24 heavy (non-hydrogen) atoms. The largest absolute Gasteiger partial charge is 0.365 e. The Kier molecular flexibility index (Phi) is 4.71. The topological polar surface area (TPSA) is 98.2 Å². The van der Waals surface area contributed by atoms with Gasteiger partial charge in [-0.3, -0.25) is 9.59 Å². The Morgan fingerprint density at radius 2 is 2.29 bits per heavy atom. The molecule has 2 heterocycles. The van der Waals surface area contributed by atoms with E-state index < -0.39 is 11.8 Å². The van der Waals surface area contributed by atoms with E-state index in [2.05, 4.69) is 17.4 Å². The molecule has 0 spiro atoms. The molecule has 7 heteroatoms. The number of hydrogen-bond acceptors (Lipinski definition) is 5. The van der Waals surface area contributed by atoms with Crippen molar-refractivity contribution in [1.82, 2.24) is 5.16 Å². The molecule has 3 N–H and O–H groups in total. The van der Waals surface area contributed by atoms with Crippen LogP contribution in [0.15, 0.2) is 10.6 Å². The van der Waals surface area contributed by atoms with E-state index in [-0.39, 0.29) is 5.69 Å². The third-order valence-corrected chi connectivity index (χ3v) is 5.57. The first kappa shape index (κ1) is 16.7. The number of nitrogens with one attached hydrogen (secondary N) is 1. The normalized spacial score (nSPS) is 16.7. The number of hydrogen-bond donors (Lipinski definition) is 2. The Morgan fingerprint density at radius 3 is 2.92 bits per heavy atom. The molecule has 0 radical (unpaired) electrons. The molecule has 0 bridgehead atoms. The highest BCUT2D eigenvalue weighted by Crippen LogP contribution is 2.40. The second-order valence-corrected chi connectivity index (χ2v) is 7.35. The summed E-state index contributed by atoms with van der Waals surface area (Å²) in [6.45, 7) is 3.90. The maximum absolute atomic E-state index is 12.3. The average molecular weight is 347 g/mol. The van der Waals surface area contributed by atoms with Crippen molar-refractivity contribution in [2.45, 2.75) is 46.0 Å². The fourth-order valence-electron chi connectivity index (χ4n) is 3.30. The molecule has 6 nitrogen and oxygen atoms in total. The van der Waals surface area contributed by atoms with E-state index in [1.807, 2.05) is 0 Å². The minimum absolute atomic E-state index is 0.193. The quantitative estimate of drug-likeness (QED) is 0.867. The van der Waals surface area contributed by atoms with Crippen LogP contribution in [0, 0.1) is 12.8 Å². The molecule has 0 unspecified atom stereocenters. The van der Waals surface area contributed by atoms with Crippen molar-refractivity contribution >= 4 is 28.2 Å². The van der Waals surface area contributed by atoms with E-state index in [1.165, 1.54) is 22.6 Å². The number of nitrogens with two attached hydrogens (primary N) is 1. The Morgan fingerprint density at radius 1 is 1.50 bits per heavy atom. The summed E-state index contributed by atoms with van der Waals surface area (Å²) in [5.74, 6) is 0.318. The molecule has 0 fully saturated rings. The summed E-state index contributed by atoms with van der Waals surface area (Å²) in [6.07, 6.45) is 5.20. The fraction of sp³-hybridized carbons (Fsp3) is 0.471. The number of primary amides is 1. The molecule has 2 aromatic rings. The summed E-state index contributed by atoms with van der Waals surface area (Å²) in [5.41, 5.74) is 7.23. The maximum Gasteiger partial charge on any atom is 0.278 e. The van der Waals surface area contributed by atoms with E-state index in [0.717, 1.165) is 31.2 Å². The van der Waals surface area contributed by atoms with E-state index in [0.29, 0.717) is 22.2 Å². The number of amides is 2. The second kappa shape index (κ2) is 6.76. The third kappa shape index (κ3) is 3.21.